The summed E-state index contributed by atoms with van der Waals surface area (Å²) >= 11 is 0. The first-order chi connectivity index (χ1) is 40.0. The van der Waals surface area contributed by atoms with Crippen molar-refractivity contribution in [3.63, 3.8) is 0 Å². The predicted molar refractivity (Wildman–Crippen MR) is 352 cm³/mol. The maximum Gasteiger partial charge on any atom is 0.306 e. The maximum absolute atomic E-state index is 12.8. The molecule has 0 fully saturated rings. The number of hydrogen-bond donors (Lipinski definition) is 0. The largest absolute Gasteiger partial charge is 0.756 e. The zero-order valence-electron chi connectivity index (χ0n) is 55.7. The standard InChI is InChI=1S/C72H142NO8P/c1-6-8-10-12-14-16-18-20-22-24-25-26-27-28-29-30-31-32-33-34-35-36-37-38-39-40-41-42-43-44-45-46-47-49-51-53-55-57-59-61-63-65-72(75)81-70(69-80-82(76,77)79-67-66-73(3,4)5)68-78-71(74)64-62-60-58-56-54-52-50-48-23-21-19-17-15-13-11-9-7-2/h24-25,70H,6-23,26-69H2,1-5H3/b25-24-. The lowest BCUT2D eigenvalue weighted by atomic mass is 10.0. The van der Waals surface area contributed by atoms with Gasteiger partial charge in [0.15, 0.2) is 6.10 Å². The van der Waals surface area contributed by atoms with E-state index in [1.165, 1.54) is 321 Å². The molecule has 0 aliphatic rings. The van der Waals surface area contributed by atoms with E-state index in [0.29, 0.717) is 17.4 Å². The number of likely N-dealkylation sites (N-methyl/N-ethyl adjacent to an activating group) is 1. The van der Waals surface area contributed by atoms with E-state index in [-0.39, 0.29) is 32.0 Å². The van der Waals surface area contributed by atoms with Crippen LogP contribution in [0.2, 0.25) is 0 Å². The molecule has 82 heavy (non-hydrogen) atoms. The maximum atomic E-state index is 12.8. The fourth-order valence-electron chi connectivity index (χ4n) is 11.2. The molecule has 0 aromatic heterocycles. The number of carbonyl (C=O) groups excluding carboxylic acids is 2. The van der Waals surface area contributed by atoms with Crippen molar-refractivity contribution in [1.82, 2.24) is 0 Å². The molecule has 0 saturated carbocycles. The smallest absolute Gasteiger partial charge is 0.306 e. The molecule has 0 radical (unpaired) electrons. The molecule has 0 aliphatic carbocycles. The van der Waals surface area contributed by atoms with Crippen molar-refractivity contribution < 1.29 is 42.1 Å². The fourth-order valence-corrected chi connectivity index (χ4v) is 11.9. The molecule has 488 valence electrons. The Hall–Kier alpha value is -1.25. The van der Waals surface area contributed by atoms with Gasteiger partial charge in [0.1, 0.15) is 19.8 Å². The Balaban J connectivity index is 3.83. The highest BCUT2D eigenvalue weighted by Gasteiger charge is 2.22. The Kier molecular flexibility index (Phi) is 63.3. The van der Waals surface area contributed by atoms with Crippen LogP contribution in [0, 0.1) is 0 Å². The van der Waals surface area contributed by atoms with E-state index in [1.807, 2.05) is 21.1 Å². The van der Waals surface area contributed by atoms with Crippen LogP contribution < -0.4 is 4.89 Å². The molecule has 0 aromatic rings. The minimum atomic E-state index is -4.63. The van der Waals surface area contributed by atoms with Crippen molar-refractivity contribution in [2.75, 3.05) is 47.5 Å². The van der Waals surface area contributed by atoms with Crippen LogP contribution in [-0.4, -0.2) is 70.0 Å². The molecule has 2 unspecified atom stereocenters. The summed E-state index contributed by atoms with van der Waals surface area (Å²) in [5.74, 6) is -0.807. The summed E-state index contributed by atoms with van der Waals surface area (Å²) in [7, 11) is 1.19. The Morgan fingerprint density at radius 1 is 0.366 bits per heavy atom. The molecular formula is C72H142NO8P. The lowest BCUT2D eigenvalue weighted by Gasteiger charge is -2.28. The van der Waals surface area contributed by atoms with E-state index in [4.69, 9.17) is 18.5 Å². The summed E-state index contributed by atoms with van der Waals surface area (Å²) in [5.41, 5.74) is 0. The van der Waals surface area contributed by atoms with Gasteiger partial charge < -0.3 is 27.9 Å². The molecule has 0 aliphatic heterocycles. The Bertz CT molecular complexity index is 1390. The van der Waals surface area contributed by atoms with Crippen LogP contribution in [0.1, 0.15) is 386 Å². The van der Waals surface area contributed by atoms with Crippen LogP contribution in [0.4, 0.5) is 0 Å². The highest BCUT2D eigenvalue weighted by molar-refractivity contribution is 7.45. The quantitative estimate of drug-likeness (QED) is 0.0195. The van der Waals surface area contributed by atoms with E-state index in [1.54, 1.807) is 0 Å². The topological polar surface area (TPSA) is 111 Å². The number of ether oxygens (including phenoxy) is 2. The number of phosphoric ester groups is 1. The SMILES string of the molecule is CCCCCCCCCC/C=C\CCCCCCCCCCCCCCCCCCCCCCCCCCCCCCCC(=O)OC(COC(=O)CCCCCCCCCCCCCCCCCCC)COP(=O)([O-])OCC[N+](C)(C)C. The van der Waals surface area contributed by atoms with Crippen LogP contribution in [0.5, 0.6) is 0 Å². The van der Waals surface area contributed by atoms with E-state index < -0.39 is 26.5 Å². The first kappa shape index (κ1) is 80.8. The monoisotopic (exact) mass is 1180 g/mol. The fraction of sp³-hybridized carbons (Fsp3) is 0.944. The number of nitrogens with zero attached hydrogens (tertiary/aromatic N) is 1. The average Bonchev–Trinajstić information content (AvgIpc) is 3.45. The Morgan fingerprint density at radius 2 is 0.622 bits per heavy atom. The molecular weight excluding hydrogens is 1040 g/mol. The molecule has 0 bridgehead atoms. The highest BCUT2D eigenvalue weighted by Crippen LogP contribution is 2.38. The third kappa shape index (κ3) is 67.9. The van der Waals surface area contributed by atoms with E-state index >= 15 is 0 Å². The van der Waals surface area contributed by atoms with E-state index in [2.05, 4.69) is 26.0 Å². The van der Waals surface area contributed by atoms with Gasteiger partial charge in [0, 0.05) is 12.8 Å². The third-order valence-corrected chi connectivity index (χ3v) is 17.7. The van der Waals surface area contributed by atoms with Gasteiger partial charge in [-0.25, -0.2) is 0 Å². The normalized spacial score (nSPS) is 13.1. The highest BCUT2D eigenvalue weighted by atomic mass is 31.2. The first-order valence-electron chi connectivity index (χ1n) is 36.4. The van der Waals surface area contributed by atoms with Gasteiger partial charge in [-0.15, -0.1) is 0 Å². The van der Waals surface area contributed by atoms with Crippen molar-refractivity contribution in [2.24, 2.45) is 0 Å². The zero-order valence-corrected chi connectivity index (χ0v) is 56.6. The van der Waals surface area contributed by atoms with Gasteiger partial charge in [-0.05, 0) is 38.5 Å². The van der Waals surface area contributed by atoms with Gasteiger partial charge in [0.2, 0.25) is 0 Å². The van der Waals surface area contributed by atoms with Crippen molar-refractivity contribution in [2.45, 2.75) is 392 Å². The van der Waals surface area contributed by atoms with Crippen LogP contribution in [0.15, 0.2) is 12.2 Å². The van der Waals surface area contributed by atoms with Crippen molar-refractivity contribution in [3.8, 4) is 0 Å². The van der Waals surface area contributed by atoms with Gasteiger partial charge >= 0.3 is 11.9 Å². The molecule has 0 N–H and O–H groups in total. The van der Waals surface area contributed by atoms with Gasteiger partial charge in [0.05, 0.1) is 27.7 Å². The summed E-state index contributed by atoms with van der Waals surface area (Å²) < 4.78 is 34.3. The minimum Gasteiger partial charge on any atom is -0.756 e. The van der Waals surface area contributed by atoms with Crippen LogP contribution in [-0.2, 0) is 32.7 Å². The summed E-state index contributed by atoms with van der Waals surface area (Å²) in [6.45, 7) is 4.32. The number of phosphoric acid groups is 1. The molecule has 2 atom stereocenters. The van der Waals surface area contributed by atoms with Crippen LogP contribution in [0.25, 0.3) is 0 Å². The van der Waals surface area contributed by atoms with Crippen LogP contribution >= 0.6 is 7.82 Å². The second kappa shape index (κ2) is 64.2. The van der Waals surface area contributed by atoms with Gasteiger partial charge in [-0.1, -0.05) is 347 Å². The summed E-state index contributed by atoms with van der Waals surface area (Å²) in [6, 6.07) is 0. The first-order valence-corrected chi connectivity index (χ1v) is 37.9. The molecule has 0 spiro atoms. The van der Waals surface area contributed by atoms with E-state index in [0.717, 1.165) is 32.1 Å². The molecule has 0 heterocycles. The van der Waals surface area contributed by atoms with Crippen LogP contribution in [0.3, 0.4) is 0 Å². The Labute approximate surface area is 511 Å². The zero-order chi connectivity index (χ0) is 59.8. The Morgan fingerprint density at radius 3 is 0.902 bits per heavy atom. The summed E-state index contributed by atoms with van der Waals surface area (Å²) in [4.78, 5) is 38.0. The number of quaternary nitrogens is 1. The number of hydrogen-bond acceptors (Lipinski definition) is 8. The molecule has 0 aromatic carbocycles. The number of allylic oxidation sites excluding steroid dienone is 2. The molecule has 10 heteroatoms. The second-order valence-electron chi connectivity index (χ2n) is 26.3. The lowest BCUT2D eigenvalue weighted by molar-refractivity contribution is -0.870. The number of carbonyl (C=O) groups is 2. The molecule has 0 saturated heterocycles. The lowest BCUT2D eigenvalue weighted by Crippen LogP contribution is -2.37. The van der Waals surface area contributed by atoms with Crippen molar-refractivity contribution in [1.29, 1.82) is 0 Å². The average molecular weight is 1180 g/mol. The minimum absolute atomic E-state index is 0.0255. The predicted octanol–water partition coefficient (Wildman–Crippen LogP) is 22.9. The molecule has 0 rings (SSSR count). The van der Waals surface area contributed by atoms with Gasteiger partial charge in [0.25, 0.3) is 7.82 Å². The summed E-state index contributed by atoms with van der Waals surface area (Å²) in [5, 5.41) is 0. The molecule has 0 amide bonds. The number of unbranched alkanes of at least 4 members (excludes halogenated alkanes) is 53. The number of esters is 2. The second-order valence-corrected chi connectivity index (χ2v) is 27.7. The van der Waals surface area contributed by atoms with Gasteiger partial charge in [-0.2, -0.15) is 0 Å². The van der Waals surface area contributed by atoms with Crippen molar-refractivity contribution in [3.05, 3.63) is 12.2 Å². The molecule has 9 nitrogen and oxygen atoms in total. The van der Waals surface area contributed by atoms with E-state index in [9.17, 15) is 19.0 Å². The summed E-state index contributed by atoms with van der Waals surface area (Å²) in [6.07, 6.45) is 79.0. The van der Waals surface area contributed by atoms with Crippen molar-refractivity contribution >= 4 is 19.8 Å². The third-order valence-electron chi connectivity index (χ3n) is 16.8. The van der Waals surface area contributed by atoms with Gasteiger partial charge in [-0.3, -0.25) is 14.2 Å². The number of rotatable bonds is 69.